The van der Waals surface area contributed by atoms with Gasteiger partial charge in [-0.15, -0.1) is 0 Å². The van der Waals surface area contributed by atoms with Gasteiger partial charge in [-0.3, -0.25) is 0 Å². The zero-order valence-corrected chi connectivity index (χ0v) is 15.2. The van der Waals surface area contributed by atoms with Gasteiger partial charge in [0.15, 0.2) is 0 Å². The second-order valence-electron chi connectivity index (χ2n) is 5.49. The number of fused-ring (bicyclic) bond motifs is 1. The van der Waals surface area contributed by atoms with Crippen LogP contribution in [0.3, 0.4) is 0 Å². The maximum absolute atomic E-state index is 12.9. The minimum absolute atomic E-state index is 0.0635. The van der Waals surface area contributed by atoms with Gasteiger partial charge in [0, 0.05) is 15.9 Å². The molecule has 1 atom stereocenters. The molecule has 3 nitrogen and oxygen atoms in total. The minimum Gasteiger partial charge on any atom is -0.363 e. The lowest BCUT2D eigenvalue weighted by Crippen LogP contribution is -2.11. The summed E-state index contributed by atoms with van der Waals surface area (Å²) in [5.41, 5.74) is 0.446. The molecule has 1 aromatic heterocycles. The normalized spacial score (nSPS) is 13.0. The first-order valence-corrected chi connectivity index (χ1v) is 8.47. The Balaban J connectivity index is 1.97. The van der Waals surface area contributed by atoms with Gasteiger partial charge in [-0.2, -0.15) is 13.2 Å². The smallest absolute Gasteiger partial charge is 0.363 e. The highest BCUT2D eigenvalue weighted by Crippen LogP contribution is 2.32. The highest BCUT2D eigenvalue weighted by molar-refractivity contribution is 9.10. The fourth-order valence-electron chi connectivity index (χ4n) is 2.46. The average molecular weight is 431 g/mol. The van der Waals surface area contributed by atoms with Gasteiger partial charge in [0.05, 0.1) is 11.1 Å². The standard InChI is InChI=1S/C17H12BrClF3N3/c1-9(10-3-2-4-11(7-10)17(20,21)22)23-15-13-8-12(18)5-6-14(13)24-16(19)25-15/h2-9H,1H3,(H,23,24,25)/t9-/m1/s1. The number of anilines is 1. The molecule has 0 saturated heterocycles. The molecule has 0 unspecified atom stereocenters. The van der Waals surface area contributed by atoms with Crippen molar-refractivity contribution in [1.29, 1.82) is 0 Å². The van der Waals surface area contributed by atoms with Gasteiger partial charge in [-0.25, -0.2) is 9.97 Å². The molecule has 25 heavy (non-hydrogen) atoms. The van der Waals surface area contributed by atoms with Crippen molar-refractivity contribution in [3.05, 3.63) is 63.3 Å². The van der Waals surface area contributed by atoms with Gasteiger partial charge in [-0.1, -0.05) is 28.1 Å². The Bertz CT molecular complexity index is 931. The van der Waals surface area contributed by atoms with E-state index in [1.165, 1.54) is 6.07 Å². The predicted molar refractivity (Wildman–Crippen MR) is 95.7 cm³/mol. The Kier molecular flexibility index (Phi) is 4.88. The number of alkyl halides is 3. The van der Waals surface area contributed by atoms with Gasteiger partial charge in [-0.05, 0) is 54.4 Å². The van der Waals surface area contributed by atoms with E-state index in [-0.39, 0.29) is 5.28 Å². The number of nitrogens with zero attached hydrogens (tertiary/aromatic N) is 2. The molecular weight excluding hydrogens is 419 g/mol. The Hall–Kier alpha value is -1.86. The highest BCUT2D eigenvalue weighted by atomic mass is 79.9. The maximum atomic E-state index is 12.9. The Morgan fingerprint density at radius 2 is 1.88 bits per heavy atom. The molecule has 0 saturated carbocycles. The molecule has 0 aliphatic carbocycles. The van der Waals surface area contributed by atoms with Gasteiger partial charge in [0.2, 0.25) is 5.28 Å². The molecule has 0 fully saturated rings. The predicted octanol–water partition coefficient (Wildman–Crippen LogP) is 6.24. The van der Waals surface area contributed by atoms with Crippen LogP contribution in [-0.2, 0) is 6.18 Å². The number of hydrogen-bond donors (Lipinski definition) is 1. The van der Waals surface area contributed by atoms with E-state index in [1.54, 1.807) is 19.1 Å². The van der Waals surface area contributed by atoms with Crippen molar-refractivity contribution in [2.24, 2.45) is 0 Å². The molecule has 0 aliphatic rings. The van der Waals surface area contributed by atoms with Crippen LogP contribution in [-0.4, -0.2) is 9.97 Å². The Labute approximate surface area is 155 Å². The first-order valence-electron chi connectivity index (χ1n) is 7.30. The molecule has 3 aromatic rings. The Morgan fingerprint density at radius 3 is 2.60 bits per heavy atom. The molecule has 130 valence electrons. The number of halogens is 5. The van der Waals surface area contributed by atoms with Crippen LogP contribution in [0.4, 0.5) is 19.0 Å². The molecule has 0 aliphatic heterocycles. The van der Waals surface area contributed by atoms with Gasteiger partial charge in [0.1, 0.15) is 5.82 Å². The SMILES string of the molecule is C[C@@H](Nc1nc(Cl)nc2ccc(Br)cc12)c1cccc(C(F)(F)F)c1. The quantitative estimate of drug-likeness (QED) is 0.500. The van der Waals surface area contributed by atoms with Crippen LogP contribution >= 0.6 is 27.5 Å². The zero-order valence-electron chi connectivity index (χ0n) is 12.9. The first kappa shape index (κ1) is 17.9. The van der Waals surface area contributed by atoms with E-state index in [9.17, 15) is 13.2 Å². The number of nitrogens with one attached hydrogen (secondary N) is 1. The fraction of sp³-hybridized carbons (Fsp3) is 0.176. The molecule has 8 heteroatoms. The summed E-state index contributed by atoms with van der Waals surface area (Å²) in [6.45, 7) is 1.76. The molecule has 0 spiro atoms. The van der Waals surface area contributed by atoms with E-state index < -0.39 is 17.8 Å². The van der Waals surface area contributed by atoms with Crippen molar-refractivity contribution in [1.82, 2.24) is 9.97 Å². The van der Waals surface area contributed by atoms with Crippen molar-refractivity contribution in [2.45, 2.75) is 19.1 Å². The van der Waals surface area contributed by atoms with Crippen LogP contribution in [0.1, 0.15) is 24.1 Å². The van der Waals surface area contributed by atoms with Crippen molar-refractivity contribution in [3.63, 3.8) is 0 Å². The van der Waals surface area contributed by atoms with Gasteiger partial charge in [0.25, 0.3) is 0 Å². The van der Waals surface area contributed by atoms with E-state index in [2.05, 4.69) is 31.2 Å². The molecule has 0 amide bonds. The minimum atomic E-state index is -4.38. The number of aromatic nitrogens is 2. The summed E-state index contributed by atoms with van der Waals surface area (Å²) < 4.78 is 39.5. The van der Waals surface area contributed by atoms with E-state index in [0.29, 0.717) is 16.9 Å². The van der Waals surface area contributed by atoms with Crippen LogP contribution in [0.5, 0.6) is 0 Å². The summed E-state index contributed by atoms with van der Waals surface area (Å²) in [6, 6.07) is 10.2. The van der Waals surface area contributed by atoms with Crippen LogP contribution in [0.15, 0.2) is 46.9 Å². The van der Waals surface area contributed by atoms with Crippen molar-refractivity contribution in [2.75, 3.05) is 5.32 Å². The van der Waals surface area contributed by atoms with E-state index in [0.717, 1.165) is 22.0 Å². The fourth-order valence-corrected chi connectivity index (χ4v) is 2.99. The third-order valence-corrected chi connectivity index (χ3v) is 4.36. The average Bonchev–Trinajstić information content (AvgIpc) is 2.55. The van der Waals surface area contributed by atoms with Gasteiger partial charge >= 0.3 is 6.18 Å². The summed E-state index contributed by atoms with van der Waals surface area (Å²) >= 11 is 9.34. The summed E-state index contributed by atoms with van der Waals surface area (Å²) in [5, 5.41) is 3.91. The van der Waals surface area contributed by atoms with E-state index in [4.69, 9.17) is 11.6 Å². The summed E-state index contributed by atoms with van der Waals surface area (Å²) in [5.74, 6) is 0.459. The van der Waals surface area contributed by atoms with E-state index in [1.807, 2.05) is 12.1 Å². The third kappa shape index (κ3) is 4.04. The molecule has 2 aromatic carbocycles. The number of hydrogen-bond acceptors (Lipinski definition) is 3. The summed E-state index contributed by atoms with van der Waals surface area (Å²) in [7, 11) is 0. The highest BCUT2D eigenvalue weighted by Gasteiger charge is 2.30. The van der Waals surface area contributed by atoms with Crippen LogP contribution < -0.4 is 5.32 Å². The molecule has 3 rings (SSSR count). The summed E-state index contributed by atoms with van der Waals surface area (Å²) in [4.78, 5) is 8.33. The molecular formula is C17H12BrClF3N3. The van der Waals surface area contributed by atoms with E-state index >= 15 is 0 Å². The first-order chi connectivity index (χ1) is 11.7. The molecule has 1 heterocycles. The number of benzene rings is 2. The van der Waals surface area contributed by atoms with Crippen LogP contribution in [0.2, 0.25) is 5.28 Å². The van der Waals surface area contributed by atoms with Crippen molar-refractivity contribution in [3.8, 4) is 0 Å². The monoisotopic (exact) mass is 429 g/mol. The number of rotatable bonds is 3. The lowest BCUT2D eigenvalue weighted by molar-refractivity contribution is -0.137. The van der Waals surface area contributed by atoms with Crippen molar-refractivity contribution < 1.29 is 13.2 Å². The largest absolute Gasteiger partial charge is 0.416 e. The maximum Gasteiger partial charge on any atom is 0.416 e. The zero-order chi connectivity index (χ0) is 18.2. The third-order valence-electron chi connectivity index (χ3n) is 3.70. The van der Waals surface area contributed by atoms with Crippen LogP contribution in [0.25, 0.3) is 10.9 Å². The van der Waals surface area contributed by atoms with Gasteiger partial charge < -0.3 is 5.32 Å². The lowest BCUT2D eigenvalue weighted by Gasteiger charge is -2.18. The summed E-state index contributed by atoms with van der Waals surface area (Å²) in [6.07, 6.45) is -4.38. The van der Waals surface area contributed by atoms with Crippen molar-refractivity contribution >= 4 is 44.3 Å². The van der Waals surface area contributed by atoms with Crippen LogP contribution in [0, 0.1) is 0 Å². The Morgan fingerprint density at radius 1 is 1.12 bits per heavy atom. The second kappa shape index (κ2) is 6.80. The second-order valence-corrected chi connectivity index (χ2v) is 6.75. The molecule has 1 N–H and O–H groups in total. The molecule has 0 bridgehead atoms. The lowest BCUT2D eigenvalue weighted by atomic mass is 10.0. The molecule has 0 radical (unpaired) electrons. The topological polar surface area (TPSA) is 37.8 Å².